The third kappa shape index (κ3) is 2.45. The molecule has 2 atom stereocenters. The maximum atomic E-state index is 12.9. The largest absolute Gasteiger partial charge is 0.479 e. The first-order chi connectivity index (χ1) is 13.6. The molecule has 0 aromatic heterocycles. The molecule has 5 rings (SSSR count). The van der Waals surface area contributed by atoms with Gasteiger partial charge in [-0.3, -0.25) is 4.90 Å². The van der Waals surface area contributed by atoms with E-state index in [1.807, 2.05) is 24.3 Å². The molecule has 1 aliphatic heterocycles. The maximum absolute atomic E-state index is 12.9. The molecule has 2 aromatic rings. The Balaban J connectivity index is 1.38. The highest BCUT2D eigenvalue weighted by atomic mass is 16.6. The van der Waals surface area contributed by atoms with Crippen molar-refractivity contribution in [2.24, 2.45) is 5.92 Å². The van der Waals surface area contributed by atoms with Crippen molar-refractivity contribution in [2.45, 2.75) is 37.1 Å². The third-order valence-corrected chi connectivity index (χ3v) is 6.74. The third-order valence-electron chi connectivity index (χ3n) is 6.74. The molecule has 1 amide bonds. The number of likely N-dealkylation sites (tertiary alicyclic amines) is 1. The summed E-state index contributed by atoms with van der Waals surface area (Å²) in [6.07, 6.45) is 2.41. The van der Waals surface area contributed by atoms with Crippen molar-refractivity contribution >= 4 is 12.1 Å². The van der Waals surface area contributed by atoms with E-state index in [2.05, 4.69) is 24.3 Å². The Morgan fingerprint density at radius 1 is 1.07 bits per heavy atom. The predicted octanol–water partition coefficient (Wildman–Crippen LogP) is 4.26. The van der Waals surface area contributed by atoms with E-state index in [4.69, 9.17) is 4.74 Å². The SMILES string of the molecule is O=C(OCC1c2ccccc2-c2ccccc21)N1C[C@@H]2CCC[C@@]1(C(=O)O)C2. The number of carbonyl (C=O) groups is 2. The number of ether oxygens (including phenoxy) is 1. The Labute approximate surface area is 163 Å². The molecule has 1 saturated heterocycles. The van der Waals surface area contributed by atoms with Crippen molar-refractivity contribution < 1.29 is 19.4 Å². The van der Waals surface area contributed by atoms with Gasteiger partial charge >= 0.3 is 12.1 Å². The lowest BCUT2D eigenvalue weighted by Crippen LogP contribution is -2.53. The monoisotopic (exact) mass is 377 g/mol. The first-order valence-electron chi connectivity index (χ1n) is 9.96. The molecule has 1 heterocycles. The van der Waals surface area contributed by atoms with Gasteiger partial charge in [0.2, 0.25) is 0 Å². The molecule has 28 heavy (non-hydrogen) atoms. The number of aliphatic carboxylic acids is 1. The summed E-state index contributed by atoms with van der Waals surface area (Å²) < 4.78 is 5.73. The minimum absolute atomic E-state index is 0.0147. The fourth-order valence-corrected chi connectivity index (χ4v) is 5.43. The van der Waals surface area contributed by atoms with E-state index in [-0.39, 0.29) is 18.4 Å². The quantitative estimate of drug-likeness (QED) is 0.868. The first kappa shape index (κ1) is 17.3. The summed E-state index contributed by atoms with van der Waals surface area (Å²) in [5.74, 6) is -0.646. The Morgan fingerprint density at radius 3 is 2.36 bits per heavy atom. The van der Waals surface area contributed by atoms with Gasteiger partial charge < -0.3 is 9.84 Å². The Bertz CT molecular complexity index is 910. The summed E-state index contributed by atoms with van der Waals surface area (Å²) in [7, 11) is 0. The summed E-state index contributed by atoms with van der Waals surface area (Å²) in [5.41, 5.74) is 3.59. The Hall–Kier alpha value is -2.82. The number of benzene rings is 2. The molecule has 0 spiro atoms. The topological polar surface area (TPSA) is 66.8 Å². The number of fused-ring (bicyclic) bond motifs is 5. The molecule has 0 unspecified atom stereocenters. The van der Waals surface area contributed by atoms with E-state index < -0.39 is 17.6 Å². The molecule has 2 fully saturated rings. The van der Waals surface area contributed by atoms with Crippen LogP contribution in [0.5, 0.6) is 0 Å². The van der Waals surface area contributed by atoms with Crippen LogP contribution in [0, 0.1) is 5.92 Å². The smallest absolute Gasteiger partial charge is 0.410 e. The number of nitrogens with zero attached hydrogens (tertiary/aromatic N) is 1. The van der Waals surface area contributed by atoms with Gasteiger partial charge in [-0.05, 0) is 47.4 Å². The molecule has 1 N–H and O–H groups in total. The van der Waals surface area contributed by atoms with Crippen LogP contribution in [-0.2, 0) is 9.53 Å². The first-order valence-corrected chi connectivity index (χ1v) is 9.96. The molecule has 0 radical (unpaired) electrons. The van der Waals surface area contributed by atoms with Gasteiger partial charge in [-0.25, -0.2) is 9.59 Å². The van der Waals surface area contributed by atoms with Gasteiger partial charge in [0.25, 0.3) is 0 Å². The predicted molar refractivity (Wildman–Crippen MR) is 104 cm³/mol. The highest BCUT2D eigenvalue weighted by molar-refractivity contribution is 5.85. The molecule has 3 aliphatic rings. The van der Waals surface area contributed by atoms with Crippen molar-refractivity contribution in [3.63, 3.8) is 0 Å². The van der Waals surface area contributed by atoms with E-state index in [0.29, 0.717) is 19.4 Å². The van der Waals surface area contributed by atoms with Crippen molar-refractivity contribution in [1.82, 2.24) is 4.90 Å². The molecule has 144 valence electrons. The van der Waals surface area contributed by atoms with Gasteiger partial charge in [0.15, 0.2) is 0 Å². The zero-order valence-electron chi connectivity index (χ0n) is 15.6. The van der Waals surface area contributed by atoms with Crippen molar-refractivity contribution in [1.29, 1.82) is 0 Å². The van der Waals surface area contributed by atoms with Crippen molar-refractivity contribution in [3.05, 3.63) is 59.7 Å². The number of carboxylic acid groups (broad SMARTS) is 1. The van der Waals surface area contributed by atoms with Gasteiger partial charge in [-0.15, -0.1) is 0 Å². The molecule has 2 aromatic carbocycles. The Morgan fingerprint density at radius 2 is 1.71 bits per heavy atom. The van der Waals surface area contributed by atoms with E-state index in [9.17, 15) is 14.7 Å². The number of rotatable bonds is 3. The zero-order valence-corrected chi connectivity index (χ0v) is 15.6. The number of hydrogen-bond acceptors (Lipinski definition) is 3. The lowest BCUT2D eigenvalue weighted by atomic mass is 9.80. The number of hydrogen-bond donors (Lipinski definition) is 1. The Kier molecular flexibility index (Phi) is 3.93. The van der Waals surface area contributed by atoms with Crippen LogP contribution in [0.25, 0.3) is 11.1 Å². The van der Waals surface area contributed by atoms with Crippen LogP contribution in [0.2, 0.25) is 0 Å². The van der Waals surface area contributed by atoms with Crippen LogP contribution in [0.4, 0.5) is 4.79 Å². The molecule has 1 saturated carbocycles. The summed E-state index contributed by atoms with van der Waals surface area (Å²) in [4.78, 5) is 26.4. The fraction of sp³-hybridized carbons (Fsp3) is 0.391. The van der Waals surface area contributed by atoms with E-state index in [1.165, 1.54) is 16.0 Å². The molecular weight excluding hydrogens is 354 g/mol. The zero-order chi connectivity index (χ0) is 19.3. The highest BCUT2D eigenvalue weighted by Gasteiger charge is 2.56. The van der Waals surface area contributed by atoms with Gasteiger partial charge in [-0.1, -0.05) is 55.0 Å². The average Bonchev–Trinajstić information content (AvgIpc) is 3.18. The minimum atomic E-state index is -1.08. The number of carbonyl (C=O) groups excluding carboxylic acids is 1. The van der Waals surface area contributed by atoms with Crippen LogP contribution < -0.4 is 0 Å². The van der Waals surface area contributed by atoms with Crippen LogP contribution in [0.15, 0.2) is 48.5 Å². The molecule has 5 nitrogen and oxygen atoms in total. The molecule has 2 aliphatic carbocycles. The lowest BCUT2D eigenvalue weighted by molar-refractivity contribution is -0.149. The van der Waals surface area contributed by atoms with Gasteiger partial charge in [0.1, 0.15) is 12.1 Å². The van der Waals surface area contributed by atoms with E-state index in [0.717, 1.165) is 24.0 Å². The van der Waals surface area contributed by atoms with Crippen molar-refractivity contribution in [2.75, 3.05) is 13.2 Å². The molecule has 5 heteroatoms. The van der Waals surface area contributed by atoms with Crippen LogP contribution in [0.3, 0.4) is 0 Å². The van der Waals surface area contributed by atoms with Gasteiger partial charge in [0, 0.05) is 12.5 Å². The molecule has 2 bridgehead atoms. The average molecular weight is 377 g/mol. The molecular formula is C23H23NO4. The fourth-order valence-electron chi connectivity index (χ4n) is 5.43. The van der Waals surface area contributed by atoms with Crippen molar-refractivity contribution in [3.8, 4) is 11.1 Å². The van der Waals surface area contributed by atoms with Crippen LogP contribution >= 0.6 is 0 Å². The van der Waals surface area contributed by atoms with Crippen LogP contribution in [0.1, 0.15) is 42.7 Å². The van der Waals surface area contributed by atoms with E-state index in [1.54, 1.807) is 0 Å². The summed E-state index contributed by atoms with van der Waals surface area (Å²) >= 11 is 0. The maximum Gasteiger partial charge on any atom is 0.410 e. The van der Waals surface area contributed by atoms with Gasteiger partial charge in [-0.2, -0.15) is 0 Å². The number of amides is 1. The standard InChI is InChI=1S/C23H23NO4/c25-21(26)23-11-5-6-15(12-23)13-24(23)22(27)28-14-20-18-9-3-1-7-16(18)17-8-2-4-10-19(17)20/h1-4,7-10,15,20H,5-6,11-14H2,(H,25,26)/t15-,23+/m1/s1. The normalized spacial score (nSPS) is 25.3. The number of carboxylic acids is 1. The summed E-state index contributed by atoms with van der Waals surface area (Å²) in [5, 5.41) is 9.83. The second-order valence-electron chi connectivity index (χ2n) is 8.21. The summed E-state index contributed by atoms with van der Waals surface area (Å²) in [6.45, 7) is 0.715. The minimum Gasteiger partial charge on any atom is -0.479 e. The lowest BCUT2D eigenvalue weighted by Gasteiger charge is -2.35. The second kappa shape index (κ2) is 6.36. The van der Waals surface area contributed by atoms with E-state index >= 15 is 0 Å². The van der Waals surface area contributed by atoms with Crippen LogP contribution in [-0.4, -0.2) is 40.8 Å². The summed E-state index contributed by atoms with van der Waals surface area (Å²) in [6, 6.07) is 16.4. The second-order valence-corrected chi connectivity index (χ2v) is 8.21. The highest BCUT2D eigenvalue weighted by Crippen LogP contribution is 2.46. The van der Waals surface area contributed by atoms with Gasteiger partial charge in [0.05, 0.1) is 0 Å².